The highest BCUT2D eigenvalue weighted by molar-refractivity contribution is 9.16. The zero-order chi connectivity index (χ0) is 18.3. The summed E-state index contributed by atoms with van der Waals surface area (Å²) >= 11 is 31.4. The van der Waals surface area contributed by atoms with Gasteiger partial charge in [0, 0.05) is 4.47 Å². The van der Waals surface area contributed by atoms with Gasteiger partial charge in [-0.05, 0) is 143 Å². The second-order valence-electron chi connectivity index (χ2n) is 4.07. The van der Waals surface area contributed by atoms with Gasteiger partial charge >= 0.3 is 0 Å². The molecule has 0 aliphatic rings. The SMILES string of the molecule is N#Cc1c(Br)c(Br)c(Oc2c(Br)c(Br)c(Br)c(Br)c2Br)c(Br)c1Br. The van der Waals surface area contributed by atoms with Crippen molar-refractivity contribution in [3.8, 4) is 17.6 Å². The molecule has 24 heavy (non-hydrogen) atoms. The number of hydrogen-bond acceptors (Lipinski definition) is 2. The lowest BCUT2D eigenvalue weighted by atomic mass is 10.2. The van der Waals surface area contributed by atoms with Crippen molar-refractivity contribution in [1.82, 2.24) is 0 Å². The molecule has 0 bridgehead atoms. The average Bonchev–Trinajstić information content (AvgIpc) is 2.56. The van der Waals surface area contributed by atoms with Crippen molar-refractivity contribution < 1.29 is 4.74 Å². The Morgan fingerprint density at radius 3 is 1.12 bits per heavy atom. The number of nitriles is 1. The monoisotopic (exact) mass is 896 g/mol. The molecule has 0 unspecified atom stereocenters. The van der Waals surface area contributed by atoms with Crippen LogP contribution in [0.4, 0.5) is 0 Å². The van der Waals surface area contributed by atoms with Gasteiger partial charge in [0.15, 0.2) is 11.5 Å². The van der Waals surface area contributed by atoms with Crippen molar-refractivity contribution in [1.29, 1.82) is 5.26 Å². The van der Waals surface area contributed by atoms with Gasteiger partial charge in [-0.3, -0.25) is 0 Å². The molecule has 0 radical (unpaired) electrons. The molecule has 2 aromatic carbocycles. The molecule has 11 heteroatoms. The van der Waals surface area contributed by atoms with Gasteiger partial charge in [-0.25, -0.2) is 0 Å². The minimum Gasteiger partial charge on any atom is -0.452 e. The molecule has 0 aromatic heterocycles. The van der Waals surface area contributed by atoms with Crippen LogP contribution >= 0.6 is 143 Å². The maximum Gasteiger partial charge on any atom is 0.158 e. The Hall–Kier alpha value is 2.05. The van der Waals surface area contributed by atoms with Crippen LogP contribution in [0.2, 0.25) is 0 Å². The van der Waals surface area contributed by atoms with Crippen LogP contribution < -0.4 is 4.74 Å². The molecule has 0 amide bonds. The first-order valence-electron chi connectivity index (χ1n) is 5.58. The van der Waals surface area contributed by atoms with E-state index in [4.69, 9.17) is 4.74 Å². The standard InChI is InChI=1S/C13Br9NO/c14-3-2(1-23)4(15)9(20)12(8(3)19)24-13-10(21)6(17)5(16)7(18)11(13)22. The zero-order valence-corrected chi connectivity index (χ0v) is 25.0. The van der Waals surface area contributed by atoms with Crippen molar-refractivity contribution in [3.63, 3.8) is 0 Å². The normalized spacial score (nSPS) is 10.7. The molecule has 2 nitrogen and oxygen atoms in total. The van der Waals surface area contributed by atoms with E-state index in [-0.39, 0.29) is 0 Å². The first-order chi connectivity index (χ1) is 11.1. The average molecular weight is 905 g/mol. The number of hydrogen-bond donors (Lipinski definition) is 0. The molecule has 0 spiro atoms. The molecule has 0 fully saturated rings. The van der Waals surface area contributed by atoms with Crippen molar-refractivity contribution in [2.75, 3.05) is 0 Å². The van der Waals surface area contributed by atoms with Crippen LogP contribution in [-0.4, -0.2) is 0 Å². The fourth-order valence-corrected chi connectivity index (χ4v) is 7.17. The van der Waals surface area contributed by atoms with E-state index in [9.17, 15) is 5.26 Å². The summed E-state index contributed by atoms with van der Waals surface area (Å²) in [6.45, 7) is 0. The van der Waals surface area contributed by atoms with Crippen molar-refractivity contribution in [2.24, 2.45) is 0 Å². The van der Waals surface area contributed by atoms with E-state index in [1.54, 1.807) is 0 Å². The van der Waals surface area contributed by atoms with Crippen LogP contribution in [-0.2, 0) is 0 Å². The minimum absolute atomic E-state index is 0.456. The van der Waals surface area contributed by atoms with E-state index in [0.717, 1.165) is 22.4 Å². The fourth-order valence-electron chi connectivity index (χ4n) is 1.58. The highest BCUT2D eigenvalue weighted by Gasteiger charge is 2.24. The molecule has 0 aliphatic heterocycles. The summed E-state index contributed by atoms with van der Waals surface area (Å²) in [7, 11) is 0. The lowest BCUT2D eigenvalue weighted by molar-refractivity contribution is 0.468. The van der Waals surface area contributed by atoms with E-state index in [1.165, 1.54) is 0 Å². The summed E-state index contributed by atoms with van der Waals surface area (Å²) in [6, 6.07) is 2.14. The largest absolute Gasteiger partial charge is 0.452 e. The Kier molecular flexibility index (Phi) is 8.41. The molecule has 126 valence electrons. The zero-order valence-electron chi connectivity index (χ0n) is 10.8. The summed E-state index contributed by atoms with van der Waals surface area (Å²) in [6.07, 6.45) is 0. The summed E-state index contributed by atoms with van der Waals surface area (Å²) < 4.78 is 12.4. The van der Waals surface area contributed by atoms with Crippen molar-refractivity contribution in [2.45, 2.75) is 0 Å². The number of nitrogens with zero attached hydrogens (tertiary/aromatic N) is 1. The molecule has 2 rings (SSSR count). The van der Waals surface area contributed by atoms with Gasteiger partial charge in [0.05, 0.1) is 41.3 Å². The summed E-state index contributed by atoms with van der Waals surface area (Å²) in [4.78, 5) is 0. The number of halogens is 9. The van der Waals surface area contributed by atoms with E-state index >= 15 is 0 Å². The van der Waals surface area contributed by atoms with Crippen LogP contribution in [0.25, 0.3) is 0 Å². The predicted molar refractivity (Wildman–Crippen MR) is 127 cm³/mol. The van der Waals surface area contributed by atoms with E-state index < -0.39 is 0 Å². The highest BCUT2D eigenvalue weighted by atomic mass is 79.9. The topological polar surface area (TPSA) is 33.0 Å². The third kappa shape index (κ3) is 4.07. The summed E-state index contributed by atoms with van der Waals surface area (Å²) in [5.41, 5.74) is 0.456. The first-order valence-corrected chi connectivity index (χ1v) is 12.7. The second kappa shape index (κ2) is 9.03. The fraction of sp³-hybridized carbons (Fsp3) is 0. The molecule has 2 aromatic rings. The van der Waals surface area contributed by atoms with Crippen LogP contribution in [0.3, 0.4) is 0 Å². The molecular weight excluding hydrogens is 905 g/mol. The number of ether oxygens (including phenoxy) is 1. The Bertz CT molecular complexity index is 846. The number of benzene rings is 2. The van der Waals surface area contributed by atoms with Crippen molar-refractivity contribution in [3.05, 3.63) is 45.8 Å². The Balaban J connectivity index is 2.74. The molecule has 0 aliphatic carbocycles. The van der Waals surface area contributed by atoms with Gasteiger partial charge in [0.2, 0.25) is 0 Å². The van der Waals surface area contributed by atoms with Crippen LogP contribution in [0.5, 0.6) is 11.5 Å². The smallest absolute Gasteiger partial charge is 0.158 e. The van der Waals surface area contributed by atoms with Crippen molar-refractivity contribution >= 4 is 143 Å². The van der Waals surface area contributed by atoms with Crippen LogP contribution in [0.1, 0.15) is 5.56 Å². The quantitative estimate of drug-likeness (QED) is 0.222. The third-order valence-electron chi connectivity index (χ3n) is 2.71. The molecule has 0 heterocycles. The third-order valence-corrected chi connectivity index (χ3v) is 12.9. The lowest BCUT2D eigenvalue weighted by Crippen LogP contribution is -1.95. The van der Waals surface area contributed by atoms with Gasteiger partial charge in [-0.2, -0.15) is 5.26 Å². The van der Waals surface area contributed by atoms with Gasteiger partial charge in [-0.15, -0.1) is 0 Å². The van der Waals surface area contributed by atoms with Gasteiger partial charge in [0.1, 0.15) is 6.07 Å². The lowest BCUT2D eigenvalue weighted by Gasteiger charge is -2.18. The second-order valence-corrected chi connectivity index (χ2v) is 11.2. The van der Waals surface area contributed by atoms with E-state index in [1.807, 2.05) is 0 Å². The summed E-state index contributed by atoms with van der Waals surface area (Å²) in [5.74, 6) is 1.07. The first kappa shape index (κ1) is 22.3. The van der Waals surface area contributed by atoms with E-state index in [0.29, 0.717) is 35.0 Å². The molecular formula is C13Br9NO. The Labute approximate surface area is 213 Å². The summed E-state index contributed by atoms with van der Waals surface area (Å²) in [5, 5.41) is 9.30. The predicted octanol–water partition coefficient (Wildman–Crippen LogP) is 10.2. The molecule has 0 saturated carbocycles. The molecule has 0 atom stereocenters. The Morgan fingerprint density at radius 1 is 0.500 bits per heavy atom. The van der Waals surface area contributed by atoms with Gasteiger partial charge < -0.3 is 4.74 Å². The van der Waals surface area contributed by atoms with Gasteiger partial charge in [0.25, 0.3) is 0 Å². The maximum absolute atomic E-state index is 9.30. The molecule has 0 N–H and O–H groups in total. The van der Waals surface area contributed by atoms with Crippen LogP contribution in [0.15, 0.2) is 40.3 Å². The number of rotatable bonds is 2. The minimum atomic E-state index is 0.456. The molecule has 0 saturated heterocycles. The Morgan fingerprint density at radius 2 is 0.792 bits per heavy atom. The van der Waals surface area contributed by atoms with E-state index in [2.05, 4.69) is 149 Å². The van der Waals surface area contributed by atoms with Gasteiger partial charge in [-0.1, -0.05) is 0 Å². The maximum atomic E-state index is 9.30. The highest BCUT2D eigenvalue weighted by Crippen LogP contribution is 2.53. The van der Waals surface area contributed by atoms with Crippen LogP contribution in [0, 0.1) is 11.3 Å².